The molecule has 2 heterocycles. The average molecular weight is 491 g/mol. The average Bonchev–Trinajstić information content (AvgIpc) is 2.96. The summed E-state index contributed by atoms with van der Waals surface area (Å²) in [5.74, 6) is 3.04. The second-order valence-corrected chi connectivity index (χ2v) is 6.90. The largest absolute Gasteiger partial charge is 0.379 e. The zero-order valence-electron chi connectivity index (χ0n) is 16.9. The smallest absolute Gasteiger partial charge is 0.192 e. The summed E-state index contributed by atoms with van der Waals surface area (Å²) < 4.78 is 7.44. The molecule has 0 aliphatic carbocycles. The van der Waals surface area contributed by atoms with E-state index < -0.39 is 0 Å². The molecule has 0 radical (unpaired) electrons. The number of guanidine groups is 1. The third-order valence-corrected chi connectivity index (χ3v) is 4.74. The highest BCUT2D eigenvalue weighted by Gasteiger charge is 2.23. The number of nitrogens with zero attached hydrogens (tertiary/aromatic N) is 5. The molecule has 9 heteroatoms. The fourth-order valence-corrected chi connectivity index (χ4v) is 2.98. The number of hydrogen-bond donors (Lipinski definition) is 2. The second kappa shape index (κ2) is 12.3. The van der Waals surface area contributed by atoms with Crippen molar-refractivity contribution in [3.8, 4) is 0 Å². The predicted molar refractivity (Wildman–Crippen MR) is 120 cm³/mol. The maximum atomic E-state index is 5.48. The van der Waals surface area contributed by atoms with Gasteiger partial charge < -0.3 is 19.9 Å². The molecule has 1 aromatic heterocycles. The lowest BCUT2D eigenvalue weighted by Gasteiger charge is -2.37. The van der Waals surface area contributed by atoms with E-state index in [1.165, 1.54) is 0 Å². The molecule has 1 atom stereocenters. The summed E-state index contributed by atoms with van der Waals surface area (Å²) in [7, 11) is 1.96. The minimum atomic E-state index is 0. The minimum absolute atomic E-state index is 0. The highest BCUT2D eigenvalue weighted by Crippen LogP contribution is 2.12. The van der Waals surface area contributed by atoms with Crippen LogP contribution in [-0.2, 0) is 18.3 Å². The van der Waals surface area contributed by atoms with Crippen LogP contribution in [0.1, 0.15) is 25.5 Å². The van der Waals surface area contributed by atoms with Crippen molar-refractivity contribution >= 4 is 29.9 Å². The van der Waals surface area contributed by atoms with E-state index in [1.54, 1.807) is 0 Å². The topological polar surface area (TPSA) is 79.6 Å². The third kappa shape index (κ3) is 7.38. The van der Waals surface area contributed by atoms with Crippen molar-refractivity contribution in [1.29, 1.82) is 0 Å². The van der Waals surface area contributed by atoms with Crippen molar-refractivity contribution in [2.24, 2.45) is 18.0 Å². The van der Waals surface area contributed by atoms with Gasteiger partial charge in [-0.15, -0.1) is 40.8 Å². The van der Waals surface area contributed by atoms with Gasteiger partial charge in [-0.05, 0) is 12.8 Å². The molecule has 0 aromatic carbocycles. The Hall–Kier alpha value is -1.20. The van der Waals surface area contributed by atoms with E-state index >= 15 is 0 Å². The quantitative estimate of drug-likeness (QED) is 0.247. The molecule has 2 rings (SSSR count). The summed E-state index contributed by atoms with van der Waals surface area (Å²) in [5, 5.41) is 15.0. The van der Waals surface area contributed by atoms with Crippen LogP contribution in [0.5, 0.6) is 0 Å². The van der Waals surface area contributed by atoms with Gasteiger partial charge in [-0.3, -0.25) is 4.90 Å². The molecule has 1 aliphatic rings. The normalized spacial score (nSPS) is 16.7. The van der Waals surface area contributed by atoms with Crippen LogP contribution in [0, 0.1) is 12.8 Å². The first-order valence-corrected chi connectivity index (χ1v) is 9.32. The molecule has 0 amide bonds. The van der Waals surface area contributed by atoms with E-state index in [0.717, 1.165) is 50.5 Å². The van der Waals surface area contributed by atoms with Crippen molar-refractivity contribution in [3.63, 3.8) is 0 Å². The van der Waals surface area contributed by atoms with Crippen LogP contribution < -0.4 is 10.6 Å². The Morgan fingerprint density at radius 1 is 1.30 bits per heavy atom. The number of nitrogens with one attached hydrogen (secondary N) is 2. The lowest BCUT2D eigenvalue weighted by Crippen LogP contribution is -2.52. The van der Waals surface area contributed by atoms with E-state index in [9.17, 15) is 0 Å². The van der Waals surface area contributed by atoms with Crippen molar-refractivity contribution < 1.29 is 4.74 Å². The number of aliphatic imine (C=N–C) groups is 1. The molecule has 2 N–H and O–H groups in total. The van der Waals surface area contributed by atoms with Crippen molar-refractivity contribution in [2.45, 2.75) is 33.4 Å². The summed E-state index contributed by atoms with van der Waals surface area (Å²) in [6.07, 6.45) is 1.82. The first-order chi connectivity index (χ1) is 12.5. The van der Waals surface area contributed by atoms with Gasteiger partial charge >= 0.3 is 0 Å². The summed E-state index contributed by atoms with van der Waals surface area (Å²) in [6, 6.07) is 0.437. The van der Waals surface area contributed by atoms with Gasteiger partial charge in [0.05, 0.1) is 13.2 Å². The molecule has 8 nitrogen and oxygen atoms in total. The predicted octanol–water partition coefficient (Wildman–Crippen LogP) is 1.32. The van der Waals surface area contributed by atoms with E-state index in [-0.39, 0.29) is 24.0 Å². The number of aromatic nitrogens is 3. The molecule has 27 heavy (non-hydrogen) atoms. The summed E-state index contributed by atoms with van der Waals surface area (Å²) in [4.78, 5) is 7.16. The Morgan fingerprint density at radius 2 is 2.00 bits per heavy atom. The lowest BCUT2D eigenvalue weighted by molar-refractivity contribution is 0.00752. The number of hydrogen-bond acceptors (Lipinski definition) is 5. The number of rotatable bonds is 8. The lowest BCUT2D eigenvalue weighted by atomic mass is 10.0. The van der Waals surface area contributed by atoms with E-state index in [4.69, 9.17) is 4.74 Å². The Bertz CT molecular complexity index is 597. The van der Waals surface area contributed by atoms with Gasteiger partial charge in [-0.25, -0.2) is 4.99 Å². The zero-order valence-corrected chi connectivity index (χ0v) is 19.3. The first-order valence-electron chi connectivity index (χ1n) is 9.32. The third-order valence-electron chi connectivity index (χ3n) is 4.74. The summed E-state index contributed by atoms with van der Waals surface area (Å²) in [5.41, 5.74) is 0. The molecule has 1 aliphatic heterocycles. The maximum absolute atomic E-state index is 5.48. The Labute approximate surface area is 179 Å². The van der Waals surface area contributed by atoms with Crippen LogP contribution in [-0.4, -0.2) is 71.1 Å². The van der Waals surface area contributed by atoms with E-state index in [1.807, 2.05) is 24.6 Å². The fourth-order valence-electron chi connectivity index (χ4n) is 2.98. The van der Waals surface area contributed by atoms with Gasteiger partial charge in [0.15, 0.2) is 11.8 Å². The Kier molecular flexibility index (Phi) is 10.9. The molecule has 1 aromatic rings. The van der Waals surface area contributed by atoms with Gasteiger partial charge in [-0.1, -0.05) is 19.9 Å². The maximum Gasteiger partial charge on any atom is 0.192 e. The number of halogens is 1. The summed E-state index contributed by atoms with van der Waals surface area (Å²) >= 11 is 0. The molecule has 1 saturated heterocycles. The van der Waals surface area contributed by atoms with Gasteiger partial charge in [0.25, 0.3) is 0 Å². The van der Waals surface area contributed by atoms with Gasteiger partial charge in [0.2, 0.25) is 0 Å². The van der Waals surface area contributed by atoms with E-state index in [2.05, 4.69) is 51.1 Å². The molecular formula is C18H34IN7O. The number of aryl methyl sites for hydroxylation is 1. The molecule has 154 valence electrons. The van der Waals surface area contributed by atoms with Gasteiger partial charge in [0, 0.05) is 39.3 Å². The number of ether oxygens (including phenoxy) is 1. The van der Waals surface area contributed by atoms with Gasteiger partial charge in [0.1, 0.15) is 12.4 Å². The summed E-state index contributed by atoms with van der Waals surface area (Å²) in [6.45, 7) is 15.8. The standard InChI is InChI=1S/C18H33N7O.HI/c1-6-7-19-18(21-13-17-23-22-15(4)24(17)5)20-12-16(14(2)3)25-8-10-26-11-9-25;/h6,14,16H,1,7-13H2,2-5H3,(H2,19,20,21);1H. The van der Waals surface area contributed by atoms with Crippen LogP contribution in [0.2, 0.25) is 0 Å². The van der Waals surface area contributed by atoms with Crippen LogP contribution in [0.25, 0.3) is 0 Å². The number of morpholine rings is 1. The zero-order chi connectivity index (χ0) is 18.9. The van der Waals surface area contributed by atoms with Crippen LogP contribution in [0.4, 0.5) is 0 Å². The Balaban J connectivity index is 0.00000364. The highest BCUT2D eigenvalue weighted by atomic mass is 127. The van der Waals surface area contributed by atoms with Crippen molar-refractivity contribution in [3.05, 3.63) is 24.3 Å². The second-order valence-electron chi connectivity index (χ2n) is 6.90. The van der Waals surface area contributed by atoms with Crippen molar-refractivity contribution in [1.82, 2.24) is 30.3 Å². The van der Waals surface area contributed by atoms with Crippen molar-refractivity contribution in [2.75, 3.05) is 39.4 Å². The molecular weight excluding hydrogens is 457 g/mol. The SMILES string of the molecule is C=CCNC(=NCc1nnc(C)n1C)NCC(C(C)C)N1CCOCC1.I. The first kappa shape index (κ1) is 23.8. The fraction of sp³-hybridized carbons (Fsp3) is 0.722. The monoisotopic (exact) mass is 491 g/mol. The van der Waals surface area contributed by atoms with Gasteiger partial charge in [-0.2, -0.15) is 0 Å². The minimum Gasteiger partial charge on any atom is -0.379 e. The van der Waals surface area contributed by atoms with Crippen LogP contribution in [0.15, 0.2) is 17.6 Å². The van der Waals surface area contributed by atoms with E-state index in [0.29, 0.717) is 25.0 Å². The van der Waals surface area contributed by atoms with Crippen LogP contribution >= 0.6 is 24.0 Å². The molecule has 1 fully saturated rings. The highest BCUT2D eigenvalue weighted by molar-refractivity contribution is 14.0. The Morgan fingerprint density at radius 3 is 2.56 bits per heavy atom. The molecule has 0 saturated carbocycles. The van der Waals surface area contributed by atoms with Crippen LogP contribution in [0.3, 0.4) is 0 Å². The molecule has 0 spiro atoms. The molecule has 1 unspecified atom stereocenters. The molecule has 0 bridgehead atoms.